The van der Waals surface area contributed by atoms with Gasteiger partial charge in [-0.2, -0.15) is 0 Å². The van der Waals surface area contributed by atoms with Crippen LogP contribution >= 0.6 is 0 Å². The van der Waals surface area contributed by atoms with Gasteiger partial charge in [-0.05, 0) is 25.7 Å². The molecule has 0 aliphatic carbocycles. The molecule has 2 aliphatic heterocycles. The Hall–Kier alpha value is -1.36. The van der Waals surface area contributed by atoms with Crippen LogP contribution in [0.2, 0.25) is 0 Å². The van der Waals surface area contributed by atoms with E-state index in [0.29, 0.717) is 26.1 Å². The normalized spacial score (nSPS) is 22.1. The number of carbonyl (C=O) groups excluding carboxylic acids is 2. The van der Waals surface area contributed by atoms with Crippen LogP contribution in [-0.2, 0) is 14.3 Å². The molecule has 0 N–H and O–H groups in total. The summed E-state index contributed by atoms with van der Waals surface area (Å²) in [5.41, 5.74) is -0.0621. The van der Waals surface area contributed by atoms with Gasteiger partial charge in [0.15, 0.2) is 0 Å². The first-order valence-electron chi connectivity index (χ1n) is 7.31. The molecule has 0 radical (unpaired) electrons. The molecular formula is C15H24N2O3. The zero-order valence-corrected chi connectivity index (χ0v) is 12.3. The summed E-state index contributed by atoms with van der Waals surface area (Å²) in [5.74, 6) is 0.271. The molecule has 112 valence electrons. The molecule has 5 nitrogen and oxygen atoms in total. The lowest BCUT2D eigenvalue weighted by atomic mass is 9.78. The lowest BCUT2D eigenvalue weighted by Crippen LogP contribution is -2.60. The summed E-state index contributed by atoms with van der Waals surface area (Å²) in [6.07, 6.45) is 6.16. The van der Waals surface area contributed by atoms with E-state index in [9.17, 15) is 9.59 Å². The van der Waals surface area contributed by atoms with E-state index in [2.05, 4.69) is 6.58 Å². The summed E-state index contributed by atoms with van der Waals surface area (Å²) in [6, 6.07) is 0. The van der Waals surface area contributed by atoms with E-state index >= 15 is 0 Å². The Kier molecular flexibility index (Phi) is 4.81. The van der Waals surface area contributed by atoms with E-state index in [1.54, 1.807) is 6.08 Å². The van der Waals surface area contributed by atoms with E-state index in [0.717, 1.165) is 25.7 Å². The number of methoxy groups -OCH3 is 1. The maximum atomic E-state index is 12.2. The predicted octanol–water partition coefficient (Wildman–Crippen LogP) is 1.19. The zero-order chi connectivity index (χ0) is 14.6. The van der Waals surface area contributed by atoms with Crippen LogP contribution in [0, 0.1) is 0 Å². The summed E-state index contributed by atoms with van der Waals surface area (Å²) in [5, 5.41) is 0. The van der Waals surface area contributed by atoms with Crippen molar-refractivity contribution in [2.45, 2.75) is 37.6 Å². The van der Waals surface area contributed by atoms with E-state index < -0.39 is 0 Å². The average Bonchev–Trinajstić information content (AvgIpc) is 2.44. The molecule has 2 fully saturated rings. The van der Waals surface area contributed by atoms with Crippen molar-refractivity contribution in [3.05, 3.63) is 12.7 Å². The topological polar surface area (TPSA) is 49.9 Å². The fourth-order valence-corrected chi connectivity index (χ4v) is 3.43. The van der Waals surface area contributed by atoms with E-state index in [4.69, 9.17) is 4.74 Å². The van der Waals surface area contributed by atoms with Crippen molar-refractivity contribution in [1.29, 1.82) is 0 Å². The number of nitrogens with zero attached hydrogens (tertiary/aromatic N) is 2. The van der Waals surface area contributed by atoms with Crippen LogP contribution in [0.5, 0.6) is 0 Å². The number of hydrogen-bond donors (Lipinski definition) is 0. The van der Waals surface area contributed by atoms with Crippen molar-refractivity contribution in [3.63, 3.8) is 0 Å². The zero-order valence-electron chi connectivity index (χ0n) is 12.3. The molecular weight excluding hydrogens is 256 g/mol. The van der Waals surface area contributed by atoms with Crippen molar-refractivity contribution in [1.82, 2.24) is 9.80 Å². The molecule has 5 heteroatoms. The van der Waals surface area contributed by atoms with Crippen LogP contribution in [0.4, 0.5) is 0 Å². The van der Waals surface area contributed by atoms with Gasteiger partial charge in [-0.15, -0.1) is 6.58 Å². The van der Waals surface area contributed by atoms with Gasteiger partial charge in [-0.25, -0.2) is 0 Å². The standard InChI is InChI=1S/C15H24N2O3/c1-3-9-17-13(18)5-4-6-15(17)7-10-16(11-8-15)14(19)12-20-2/h3H,1,4-12H2,2H3. The molecule has 0 aromatic carbocycles. The lowest BCUT2D eigenvalue weighted by Gasteiger charge is -2.51. The Morgan fingerprint density at radius 3 is 2.70 bits per heavy atom. The molecule has 2 amide bonds. The highest BCUT2D eigenvalue weighted by molar-refractivity contribution is 5.79. The molecule has 2 aliphatic rings. The molecule has 2 rings (SSSR count). The maximum absolute atomic E-state index is 12.2. The molecule has 2 heterocycles. The second-order valence-electron chi connectivity index (χ2n) is 5.68. The van der Waals surface area contributed by atoms with Gasteiger partial charge in [0.2, 0.25) is 11.8 Å². The van der Waals surface area contributed by atoms with Gasteiger partial charge in [-0.3, -0.25) is 9.59 Å². The molecule has 2 saturated heterocycles. The fourth-order valence-electron chi connectivity index (χ4n) is 3.43. The highest BCUT2D eigenvalue weighted by Gasteiger charge is 2.44. The minimum Gasteiger partial charge on any atom is -0.375 e. The van der Waals surface area contributed by atoms with Crippen molar-refractivity contribution < 1.29 is 14.3 Å². The summed E-state index contributed by atoms with van der Waals surface area (Å²) in [4.78, 5) is 27.8. The molecule has 0 saturated carbocycles. The third kappa shape index (κ3) is 2.87. The molecule has 0 bridgehead atoms. The molecule has 0 aromatic heterocycles. The van der Waals surface area contributed by atoms with Crippen molar-refractivity contribution >= 4 is 11.8 Å². The SMILES string of the molecule is C=CCN1C(=O)CCCC12CCN(C(=O)COC)CC2. The molecule has 0 aromatic rings. The third-order valence-corrected chi connectivity index (χ3v) is 4.53. The number of carbonyl (C=O) groups is 2. The number of hydrogen-bond acceptors (Lipinski definition) is 3. The van der Waals surface area contributed by atoms with Crippen molar-refractivity contribution in [3.8, 4) is 0 Å². The second-order valence-corrected chi connectivity index (χ2v) is 5.68. The lowest BCUT2D eigenvalue weighted by molar-refractivity contribution is -0.147. The van der Waals surface area contributed by atoms with Gasteiger partial charge >= 0.3 is 0 Å². The minimum absolute atomic E-state index is 0.0414. The summed E-state index contributed by atoms with van der Waals surface area (Å²) in [6.45, 7) is 5.94. The van der Waals surface area contributed by atoms with Gasteiger partial charge < -0.3 is 14.5 Å². The predicted molar refractivity (Wildman–Crippen MR) is 76.2 cm³/mol. The summed E-state index contributed by atoms with van der Waals surface area (Å²) in [7, 11) is 1.54. The van der Waals surface area contributed by atoms with E-state index in [1.165, 1.54) is 7.11 Å². The number of ether oxygens (including phenoxy) is 1. The average molecular weight is 280 g/mol. The quantitative estimate of drug-likeness (QED) is 0.727. The third-order valence-electron chi connectivity index (χ3n) is 4.53. The summed E-state index contributed by atoms with van der Waals surface area (Å²) >= 11 is 0. The van der Waals surface area contributed by atoms with Crippen LogP contribution < -0.4 is 0 Å². The Labute approximate surface area is 120 Å². The number of likely N-dealkylation sites (tertiary alicyclic amines) is 2. The maximum Gasteiger partial charge on any atom is 0.248 e. The first kappa shape index (κ1) is 15.0. The fraction of sp³-hybridized carbons (Fsp3) is 0.733. The summed E-state index contributed by atoms with van der Waals surface area (Å²) < 4.78 is 4.90. The van der Waals surface area contributed by atoms with Crippen LogP contribution in [0.3, 0.4) is 0 Å². The van der Waals surface area contributed by atoms with E-state index in [1.807, 2.05) is 9.80 Å². The van der Waals surface area contributed by atoms with Crippen LogP contribution in [0.25, 0.3) is 0 Å². The van der Waals surface area contributed by atoms with Crippen molar-refractivity contribution in [2.75, 3.05) is 33.4 Å². The first-order valence-corrected chi connectivity index (χ1v) is 7.31. The minimum atomic E-state index is -0.0621. The smallest absolute Gasteiger partial charge is 0.248 e. The Balaban J connectivity index is 2.03. The van der Waals surface area contributed by atoms with Gasteiger partial charge in [0.05, 0.1) is 0 Å². The Morgan fingerprint density at radius 2 is 2.10 bits per heavy atom. The molecule has 1 spiro atoms. The first-order chi connectivity index (χ1) is 9.63. The van der Waals surface area contributed by atoms with Gasteiger partial charge in [0, 0.05) is 38.7 Å². The number of amides is 2. The molecule has 0 unspecified atom stereocenters. The molecule has 0 atom stereocenters. The van der Waals surface area contributed by atoms with Crippen LogP contribution in [0.15, 0.2) is 12.7 Å². The van der Waals surface area contributed by atoms with Gasteiger partial charge in [0.25, 0.3) is 0 Å². The largest absolute Gasteiger partial charge is 0.375 e. The van der Waals surface area contributed by atoms with E-state index in [-0.39, 0.29) is 24.0 Å². The van der Waals surface area contributed by atoms with Crippen LogP contribution in [-0.4, -0.2) is 60.5 Å². The van der Waals surface area contributed by atoms with Gasteiger partial charge in [-0.1, -0.05) is 6.08 Å². The van der Waals surface area contributed by atoms with Crippen molar-refractivity contribution in [2.24, 2.45) is 0 Å². The van der Waals surface area contributed by atoms with Gasteiger partial charge in [0.1, 0.15) is 6.61 Å². The highest BCUT2D eigenvalue weighted by atomic mass is 16.5. The molecule has 20 heavy (non-hydrogen) atoms. The monoisotopic (exact) mass is 280 g/mol. The second kappa shape index (κ2) is 6.39. The number of piperidine rings is 2. The Morgan fingerprint density at radius 1 is 1.40 bits per heavy atom. The highest BCUT2D eigenvalue weighted by Crippen LogP contribution is 2.37. The number of rotatable bonds is 4. The van der Waals surface area contributed by atoms with Crippen LogP contribution in [0.1, 0.15) is 32.1 Å². The Bertz CT molecular complexity index is 387.